The third kappa shape index (κ3) is 3.85. The molecule has 0 rings (SSSR count). The molecule has 0 aromatic heterocycles. The van der Waals surface area contributed by atoms with Crippen LogP contribution in [0.25, 0.3) is 0 Å². The van der Waals surface area contributed by atoms with Crippen LogP contribution in [0, 0.1) is 5.41 Å². The molecule has 0 N–H and O–H groups in total. The van der Waals surface area contributed by atoms with Gasteiger partial charge in [-0.2, -0.15) is 4.89 Å². The van der Waals surface area contributed by atoms with Crippen LogP contribution in [0.5, 0.6) is 0 Å². The first-order chi connectivity index (χ1) is 4.48. The lowest BCUT2D eigenvalue weighted by Gasteiger charge is -2.13. The van der Waals surface area contributed by atoms with Gasteiger partial charge >= 0.3 is 5.97 Å². The normalized spacial score (nSPS) is 11.2. The summed E-state index contributed by atoms with van der Waals surface area (Å²) in [6.45, 7) is 5.27. The fourth-order valence-electron chi connectivity index (χ4n) is 0.201. The number of carbonyl (C=O) groups is 1. The summed E-state index contributed by atoms with van der Waals surface area (Å²) in [5.41, 5.74) is -0.295. The summed E-state index contributed by atoms with van der Waals surface area (Å²) < 4.78 is 0. The Kier molecular flexibility index (Phi) is 3.89. The third-order valence-corrected chi connectivity index (χ3v) is 0.978. The molecule has 0 amide bonds. The fourth-order valence-corrected chi connectivity index (χ4v) is 0.294. The molecule has 0 heterocycles. The lowest BCUT2D eigenvalue weighted by molar-refractivity contribution is -0.266. The van der Waals surface area contributed by atoms with Crippen molar-refractivity contribution in [3.05, 3.63) is 0 Å². The lowest BCUT2D eigenvalue weighted by atomic mass is 9.98. The smallest absolute Gasteiger partial charge is 0.297 e. The van der Waals surface area contributed by atoms with Gasteiger partial charge in [-0.25, -0.2) is 4.79 Å². The highest BCUT2D eigenvalue weighted by atomic mass is 79.9. The van der Waals surface area contributed by atoms with Crippen molar-refractivity contribution in [1.82, 2.24) is 0 Å². The van der Waals surface area contributed by atoms with E-state index in [-0.39, 0.29) is 11.5 Å². The Morgan fingerprint density at radius 2 is 2.00 bits per heavy atom. The van der Waals surface area contributed by atoms with Crippen LogP contribution in [0.3, 0.4) is 0 Å². The Hall–Kier alpha value is -0.0900. The van der Waals surface area contributed by atoms with Gasteiger partial charge in [0.05, 0.1) is 5.41 Å². The monoisotopic (exact) mass is 210 g/mol. The summed E-state index contributed by atoms with van der Waals surface area (Å²) in [4.78, 5) is 19.6. The minimum absolute atomic E-state index is 0.203. The van der Waals surface area contributed by atoms with Crippen LogP contribution in [0.4, 0.5) is 0 Å². The van der Waals surface area contributed by atoms with E-state index in [9.17, 15) is 4.79 Å². The number of alkyl halides is 1. The van der Waals surface area contributed by atoms with Gasteiger partial charge in [0.1, 0.15) is 5.52 Å². The van der Waals surface area contributed by atoms with E-state index < -0.39 is 5.41 Å². The Morgan fingerprint density at radius 3 is 2.30 bits per heavy atom. The first-order valence-electron chi connectivity index (χ1n) is 2.88. The molecule has 0 aliphatic carbocycles. The molecule has 0 aromatic rings. The molecule has 0 unspecified atom stereocenters. The van der Waals surface area contributed by atoms with E-state index in [4.69, 9.17) is 0 Å². The summed E-state index contributed by atoms with van der Waals surface area (Å²) in [5, 5.41) is 0. The molecule has 0 aliphatic heterocycles. The van der Waals surface area contributed by atoms with Crippen LogP contribution in [0.1, 0.15) is 20.8 Å². The van der Waals surface area contributed by atoms with Crippen LogP contribution in [0.15, 0.2) is 0 Å². The largest absolute Gasteiger partial charge is 0.347 e. The Morgan fingerprint density at radius 1 is 1.50 bits per heavy atom. The fraction of sp³-hybridized carbons (Fsp3) is 0.833. The molecule has 0 aromatic carbocycles. The number of halogens is 1. The minimum Gasteiger partial charge on any atom is -0.297 e. The SMILES string of the molecule is CC(C)(C)C(=O)OOCBr. The molecule has 10 heavy (non-hydrogen) atoms. The highest BCUT2D eigenvalue weighted by molar-refractivity contribution is 9.09. The van der Waals surface area contributed by atoms with Crippen LogP contribution in [-0.4, -0.2) is 11.5 Å². The molecule has 0 atom stereocenters. The maximum Gasteiger partial charge on any atom is 0.347 e. The van der Waals surface area contributed by atoms with Crippen molar-refractivity contribution in [2.24, 2.45) is 5.41 Å². The summed E-state index contributed by atoms with van der Waals surface area (Å²) in [7, 11) is 0. The zero-order valence-electron chi connectivity index (χ0n) is 6.31. The zero-order valence-corrected chi connectivity index (χ0v) is 7.90. The van der Waals surface area contributed by atoms with Gasteiger partial charge in [0.15, 0.2) is 0 Å². The van der Waals surface area contributed by atoms with Crippen molar-refractivity contribution < 1.29 is 14.6 Å². The van der Waals surface area contributed by atoms with Gasteiger partial charge in [0, 0.05) is 0 Å². The molecular formula is C6H11BrO3. The summed E-state index contributed by atoms with van der Waals surface area (Å²) in [6.07, 6.45) is 0. The second-order valence-corrected chi connectivity index (χ2v) is 3.31. The molecule has 0 bridgehead atoms. The molecule has 3 nitrogen and oxygen atoms in total. The van der Waals surface area contributed by atoms with Gasteiger partial charge < -0.3 is 0 Å². The van der Waals surface area contributed by atoms with Crippen LogP contribution in [0.2, 0.25) is 0 Å². The van der Waals surface area contributed by atoms with Crippen LogP contribution < -0.4 is 0 Å². The zero-order chi connectivity index (χ0) is 8.20. The van der Waals surface area contributed by atoms with Crippen molar-refractivity contribution in [2.45, 2.75) is 20.8 Å². The topological polar surface area (TPSA) is 35.5 Å². The first-order valence-corrected chi connectivity index (χ1v) is 4.00. The van der Waals surface area contributed by atoms with Crippen molar-refractivity contribution in [1.29, 1.82) is 0 Å². The maximum atomic E-state index is 10.9. The van der Waals surface area contributed by atoms with E-state index in [0.29, 0.717) is 0 Å². The highest BCUT2D eigenvalue weighted by Gasteiger charge is 2.23. The van der Waals surface area contributed by atoms with Crippen LogP contribution >= 0.6 is 15.9 Å². The molecule has 0 aliphatic rings. The minimum atomic E-state index is -0.498. The first kappa shape index (κ1) is 9.91. The van der Waals surface area contributed by atoms with Gasteiger partial charge in [0.25, 0.3) is 0 Å². The van der Waals surface area contributed by atoms with Gasteiger partial charge in [-0.1, -0.05) is 15.9 Å². The van der Waals surface area contributed by atoms with E-state index in [1.807, 2.05) is 0 Å². The highest BCUT2D eigenvalue weighted by Crippen LogP contribution is 2.15. The Labute approximate surface area is 68.7 Å². The van der Waals surface area contributed by atoms with E-state index in [1.165, 1.54) is 0 Å². The van der Waals surface area contributed by atoms with E-state index >= 15 is 0 Å². The van der Waals surface area contributed by atoms with Crippen molar-refractivity contribution in [3.63, 3.8) is 0 Å². The third-order valence-electron chi connectivity index (χ3n) is 0.792. The molecule has 0 spiro atoms. The predicted octanol–water partition coefficient (Wildman–Crippen LogP) is 1.86. The number of hydrogen-bond acceptors (Lipinski definition) is 3. The van der Waals surface area contributed by atoms with Crippen LogP contribution in [-0.2, 0) is 14.6 Å². The van der Waals surface area contributed by atoms with E-state index in [0.717, 1.165) is 0 Å². The van der Waals surface area contributed by atoms with Crippen molar-refractivity contribution >= 4 is 21.9 Å². The second-order valence-electron chi connectivity index (χ2n) is 2.85. The van der Waals surface area contributed by atoms with E-state index in [2.05, 4.69) is 25.7 Å². The number of rotatable bonds is 2. The molecule has 0 radical (unpaired) electrons. The quantitative estimate of drug-likeness (QED) is 0.397. The standard InChI is InChI=1S/C6H11BrO3/c1-6(2,3)5(8)10-9-4-7/h4H2,1-3H3. The van der Waals surface area contributed by atoms with E-state index in [1.54, 1.807) is 20.8 Å². The molecule has 60 valence electrons. The van der Waals surface area contributed by atoms with Crippen molar-refractivity contribution in [2.75, 3.05) is 5.52 Å². The summed E-state index contributed by atoms with van der Waals surface area (Å²) in [6, 6.07) is 0. The Bertz CT molecular complexity index is 117. The molecule has 0 saturated heterocycles. The number of carbonyl (C=O) groups excluding carboxylic acids is 1. The van der Waals surface area contributed by atoms with Crippen molar-refractivity contribution in [3.8, 4) is 0 Å². The van der Waals surface area contributed by atoms with Gasteiger partial charge in [-0.05, 0) is 20.8 Å². The predicted molar refractivity (Wildman–Crippen MR) is 40.4 cm³/mol. The molecule has 4 heteroatoms. The lowest BCUT2D eigenvalue weighted by Crippen LogP contribution is -2.22. The van der Waals surface area contributed by atoms with Gasteiger partial charge in [-0.3, -0.25) is 4.89 Å². The summed E-state index contributed by atoms with van der Waals surface area (Å²) in [5.74, 6) is -0.369. The Balaban J connectivity index is 3.64. The maximum absolute atomic E-state index is 10.9. The average molecular weight is 211 g/mol. The molecule has 0 fully saturated rings. The average Bonchev–Trinajstić information content (AvgIpc) is 1.80. The second kappa shape index (κ2) is 3.93. The molecule has 0 saturated carbocycles. The summed E-state index contributed by atoms with van der Waals surface area (Å²) >= 11 is 2.95. The number of hydrogen-bond donors (Lipinski definition) is 0. The van der Waals surface area contributed by atoms with Gasteiger partial charge in [-0.15, -0.1) is 0 Å². The molecular weight excluding hydrogens is 200 g/mol. The van der Waals surface area contributed by atoms with Gasteiger partial charge in [0.2, 0.25) is 0 Å².